The van der Waals surface area contributed by atoms with Gasteiger partial charge < -0.3 is 18.8 Å². The quantitative estimate of drug-likeness (QED) is 0.812. The van der Waals surface area contributed by atoms with Crippen molar-refractivity contribution in [3.8, 4) is 5.75 Å². The van der Waals surface area contributed by atoms with Crippen LogP contribution in [0.3, 0.4) is 0 Å². The second-order valence-electron chi connectivity index (χ2n) is 3.14. The summed E-state index contributed by atoms with van der Waals surface area (Å²) in [7, 11) is -7.29. The molecule has 0 saturated heterocycles. The van der Waals surface area contributed by atoms with Crippen LogP contribution in [-0.2, 0) is 13.7 Å². The van der Waals surface area contributed by atoms with Gasteiger partial charge in [-0.25, -0.2) is 4.57 Å². The van der Waals surface area contributed by atoms with Crippen molar-refractivity contribution in [2.75, 3.05) is 13.0 Å². The van der Waals surface area contributed by atoms with E-state index in [9.17, 15) is 9.13 Å². The maximum absolute atomic E-state index is 11.9. The molecule has 1 unspecified atom stereocenters. The Morgan fingerprint density at radius 2 is 1.76 bits per heavy atom. The number of hydrogen-bond acceptors (Lipinski definition) is 4. The van der Waals surface area contributed by atoms with Crippen molar-refractivity contribution in [3.63, 3.8) is 0 Å². The Balaban J connectivity index is 2.86. The maximum atomic E-state index is 11.9. The molecule has 0 spiro atoms. The summed E-state index contributed by atoms with van der Waals surface area (Å²) in [5, 5.41) is 0.458. The fraction of sp³-hybridized carbons (Fsp3) is 0.250. The summed E-state index contributed by atoms with van der Waals surface area (Å²) in [5.74, 6) is -0.813. The SMILES string of the molecule is COP(=O)(CP(=O)(O)O)Oc1ccc(Cl)cc1. The summed E-state index contributed by atoms with van der Waals surface area (Å²) >= 11 is 5.64. The van der Waals surface area contributed by atoms with E-state index in [-0.39, 0.29) is 5.75 Å². The second kappa shape index (κ2) is 5.53. The first-order chi connectivity index (χ1) is 7.74. The van der Waals surface area contributed by atoms with E-state index in [1.54, 1.807) is 0 Å². The topological polar surface area (TPSA) is 93.1 Å². The zero-order chi connectivity index (χ0) is 13.1. The van der Waals surface area contributed by atoms with E-state index in [1.165, 1.54) is 24.3 Å². The van der Waals surface area contributed by atoms with Crippen molar-refractivity contribution in [2.24, 2.45) is 0 Å². The Kier molecular flexibility index (Phi) is 4.78. The molecule has 2 N–H and O–H groups in total. The highest BCUT2D eigenvalue weighted by Crippen LogP contribution is 2.58. The van der Waals surface area contributed by atoms with Crippen LogP contribution in [0.2, 0.25) is 5.02 Å². The third-order valence-corrected chi connectivity index (χ3v) is 5.85. The molecule has 6 nitrogen and oxygen atoms in total. The summed E-state index contributed by atoms with van der Waals surface area (Å²) in [5.41, 5.74) is 0. The van der Waals surface area contributed by atoms with Gasteiger partial charge in [0.2, 0.25) is 0 Å². The van der Waals surface area contributed by atoms with Gasteiger partial charge in [-0.1, -0.05) is 11.6 Å². The Bertz CT molecular complexity index is 467. The van der Waals surface area contributed by atoms with Gasteiger partial charge in [0.05, 0.1) is 0 Å². The van der Waals surface area contributed by atoms with Crippen LogP contribution in [0.15, 0.2) is 24.3 Å². The predicted octanol–water partition coefficient (Wildman–Crippen LogP) is 2.69. The predicted molar refractivity (Wildman–Crippen MR) is 63.6 cm³/mol. The molecule has 0 aliphatic heterocycles. The Hall–Kier alpha value is -0.350. The molecule has 0 fully saturated rings. The fourth-order valence-electron chi connectivity index (χ4n) is 1.01. The highest BCUT2D eigenvalue weighted by atomic mass is 35.5. The third-order valence-electron chi connectivity index (χ3n) is 1.69. The van der Waals surface area contributed by atoms with Crippen molar-refractivity contribution in [1.82, 2.24) is 0 Å². The molecule has 0 aliphatic rings. The lowest BCUT2D eigenvalue weighted by atomic mass is 10.3. The van der Waals surface area contributed by atoms with Gasteiger partial charge in [-0.05, 0) is 24.3 Å². The zero-order valence-corrected chi connectivity index (χ0v) is 11.4. The average Bonchev–Trinajstić information content (AvgIpc) is 2.19. The van der Waals surface area contributed by atoms with Crippen LogP contribution in [0, 0.1) is 0 Å². The van der Waals surface area contributed by atoms with Crippen molar-refractivity contribution in [1.29, 1.82) is 0 Å². The van der Waals surface area contributed by atoms with Crippen molar-refractivity contribution >= 4 is 26.8 Å². The maximum Gasteiger partial charge on any atom is 0.391 e. The molecule has 0 radical (unpaired) electrons. The second-order valence-corrected chi connectivity index (χ2v) is 7.81. The molecular weight excluding hydrogens is 289 g/mol. The summed E-state index contributed by atoms with van der Waals surface area (Å²) in [6.07, 6.45) is 0. The number of hydrogen-bond donors (Lipinski definition) is 2. The van der Waals surface area contributed by atoms with Crippen molar-refractivity contribution < 1.29 is 28.0 Å². The summed E-state index contributed by atoms with van der Waals surface area (Å²) in [6, 6.07) is 5.84. The Labute approximate surface area is 103 Å². The van der Waals surface area contributed by atoms with Gasteiger partial charge in [-0.2, -0.15) is 0 Å². The van der Waals surface area contributed by atoms with E-state index in [0.29, 0.717) is 5.02 Å². The van der Waals surface area contributed by atoms with Gasteiger partial charge in [0, 0.05) is 12.1 Å². The van der Waals surface area contributed by atoms with Crippen molar-refractivity contribution in [2.45, 2.75) is 0 Å². The molecule has 1 aromatic carbocycles. The van der Waals surface area contributed by atoms with Gasteiger partial charge in [0.1, 0.15) is 5.75 Å². The smallest absolute Gasteiger partial charge is 0.391 e. The van der Waals surface area contributed by atoms with Gasteiger partial charge in [-0.3, -0.25) is 4.57 Å². The van der Waals surface area contributed by atoms with Gasteiger partial charge in [0.25, 0.3) is 0 Å². The minimum atomic E-state index is -4.49. The average molecular weight is 301 g/mol. The lowest BCUT2D eigenvalue weighted by Gasteiger charge is -2.17. The normalized spacial score (nSPS) is 15.3. The monoisotopic (exact) mass is 300 g/mol. The van der Waals surface area contributed by atoms with E-state index in [2.05, 4.69) is 4.52 Å². The largest absolute Gasteiger partial charge is 0.424 e. The summed E-state index contributed by atoms with van der Waals surface area (Å²) in [6.45, 7) is 0. The van der Waals surface area contributed by atoms with E-state index in [1.807, 2.05) is 0 Å². The van der Waals surface area contributed by atoms with E-state index >= 15 is 0 Å². The number of halogens is 1. The highest BCUT2D eigenvalue weighted by Gasteiger charge is 2.34. The molecule has 0 saturated carbocycles. The first kappa shape index (κ1) is 14.7. The first-order valence-electron chi connectivity index (χ1n) is 4.39. The van der Waals surface area contributed by atoms with Crippen LogP contribution >= 0.6 is 26.8 Å². The van der Waals surface area contributed by atoms with Crippen molar-refractivity contribution in [3.05, 3.63) is 29.3 Å². The Morgan fingerprint density at radius 3 is 2.18 bits per heavy atom. The molecule has 9 heteroatoms. The van der Waals surface area contributed by atoms with Gasteiger partial charge in [-0.15, -0.1) is 0 Å². The van der Waals surface area contributed by atoms with Crippen LogP contribution in [0.5, 0.6) is 5.75 Å². The summed E-state index contributed by atoms with van der Waals surface area (Å²) in [4.78, 5) is 17.5. The molecule has 0 amide bonds. The molecule has 0 bridgehead atoms. The minimum absolute atomic E-state index is 0.160. The minimum Gasteiger partial charge on any atom is -0.424 e. The van der Waals surface area contributed by atoms with Gasteiger partial charge >= 0.3 is 15.2 Å². The molecule has 0 aliphatic carbocycles. The van der Waals surface area contributed by atoms with Crippen LogP contribution in [-0.4, -0.2) is 22.8 Å². The molecule has 1 aromatic rings. The lowest BCUT2D eigenvalue weighted by molar-refractivity contribution is 0.319. The Morgan fingerprint density at radius 1 is 1.24 bits per heavy atom. The number of rotatable bonds is 5. The van der Waals surface area contributed by atoms with E-state index in [0.717, 1.165) is 7.11 Å². The third kappa shape index (κ3) is 5.21. The van der Waals surface area contributed by atoms with Crippen LogP contribution in [0.4, 0.5) is 0 Å². The fourth-order valence-corrected chi connectivity index (χ4v) is 4.15. The molecule has 17 heavy (non-hydrogen) atoms. The van der Waals surface area contributed by atoms with Crippen LogP contribution in [0.25, 0.3) is 0 Å². The van der Waals surface area contributed by atoms with Crippen LogP contribution in [0.1, 0.15) is 0 Å². The van der Waals surface area contributed by atoms with E-state index in [4.69, 9.17) is 25.9 Å². The number of benzene rings is 1. The van der Waals surface area contributed by atoms with Crippen LogP contribution < -0.4 is 4.52 Å². The first-order valence-corrected chi connectivity index (χ1v) is 8.29. The summed E-state index contributed by atoms with van der Waals surface area (Å²) < 4.78 is 32.2. The molecular formula is C8H11ClO6P2. The highest BCUT2D eigenvalue weighted by molar-refractivity contribution is 7.70. The zero-order valence-electron chi connectivity index (χ0n) is 8.82. The van der Waals surface area contributed by atoms with E-state index < -0.39 is 21.1 Å². The molecule has 1 atom stereocenters. The van der Waals surface area contributed by atoms with Gasteiger partial charge in [0.15, 0.2) is 5.90 Å². The lowest BCUT2D eigenvalue weighted by Crippen LogP contribution is -2.01. The molecule has 96 valence electrons. The standard InChI is InChI=1S/C8H11ClO6P2/c1-14-17(13,6-16(10,11)12)15-8-4-2-7(9)3-5-8/h2-5H,6H2,1H3,(H2,10,11,12). The molecule has 0 aromatic heterocycles. The molecule has 1 rings (SSSR count). The molecule has 0 heterocycles.